The number of hydrogen-bond acceptors (Lipinski definition) is 3. The second-order valence-electron chi connectivity index (χ2n) is 5.92. The lowest BCUT2D eigenvalue weighted by molar-refractivity contribution is 0.127. The fourth-order valence-corrected chi connectivity index (χ4v) is 3.04. The standard InChI is InChI=1S/C14H28N2O/c1-3-4-13-11-16(9-8-15-13)12-14(5-6-14)7-10-17-2/h13,15H,3-12H2,1-2H3. The lowest BCUT2D eigenvalue weighted by atomic mass is 10.0. The Kier molecular flexibility index (Phi) is 4.83. The van der Waals surface area contributed by atoms with Gasteiger partial charge in [0.2, 0.25) is 0 Å². The Bertz CT molecular complexity index is 226. The highest BCUT2D eigenvalue weighted by molar-refractivity contribution is 4.96. The number of methoxy groups -OCH3 is 1. The van der Waals surface area contributed by atoms with E-state index in [1.807, 2.05) is 7.11 Å². The molecule has 1 saturated carbocycles. The molecule has 0 amide bonds. The Morgan fingerprint density at radius 3 is 2.88 bits per heavy atom. The highest BCUT2D eigenvalue weighted by Crippen LogP contribution is 2.49. The van der Waals surface area contributed by atoms with E-state index in [1.54, 1.807) is 0 Å². The molecule has 3 nitrogen and oxygen atoms in total. The van der Waals surface area contributed by atoms with Crippen LogP contribution in [0.25, 0.3) is 0 Å². The lowest BCUT2D eigenvalue weighted by Gasteiger charge is -2.36. The summed E-state index contributed by atoms with van der Waals surface area (Å²) in [6.07, 6.45) is 6.70. The second kappa shape index (κ2) is 6.17. The first-order valence-electron chi connectivity index (χ1n) is 7.23. The highest BCUT2D eigenvalue weighted by atomic mass is 16.5. The van der Waals surface area contributed by atoms with Crippen LogP contribution in [-0.4, -0.2) is 50.8 Å². The van der Waals surface area contributed by atoms with Crippen LogP contribution in [0.5, 0.6) is 0 Å². The van der Waals surface area contributed by atoms with Crippen molar-refractivity contribution in [1.29, 1.82) is 0 Å². The summed E-state index contributed by atoms with van der Waals surface area (Å²) in [5, 5.41) is 3.63. The van der Waals surface area contributed by atoms with Gasteiger partial charge in [-0.15, -0.1) is 0 Å². The molecule has 1 heterocycles. The van der Waals surface area contributed by atoms with Crippen LogP contribution in [0.15, 0.2) is 0 Å². The number of hydrogen-bond donors (Lipinski definition) is 1. The Morgan fingerprint density at radius 1 is 1.41 bits per heavy atom. The molecule has 0 radical (unpaired) electrons. The fourth-order valence-electron chi connectivity index (χ4n) is 3.04. The van der Waals surface area contributed by atoms with Crippen LogP contribution in [0.3, 0.4) is 0 Å². The van der Waals surface area contributed by atoms with Crippen molar-refractivity contribution < 1.29 is 4.74 Å². The fraction of sp³-hybridized carbons (Fsp3) is 1.00. The van der Waals surface area contributed by atoms with Crippen molar-refractivity contribution in [3.63, 3.8) is 0 Å². The minimum absolute atomic E-state index is 0.615. The monoisotopic (exact) mass is 240 g/mol. The predicted molar refractivity (Wildman–Crippen MR) is 71.3 cm³/mol. The first kappa shape index (κ1) is 13.3. The summed E-state index contributed by atoms with van der Waals surface area (Å²) in [7, 11) is 1.82. The third-order valence-electron chi connectivity index (χ3n) is 4.33. The van der Waals surface area contributed by atoms with Crippen LogP contribution in [0.1, 0.15) is 39.0 Å². The molecule has 0 aromatic rings. The van der Waals surface area contributed by atoms with Gasteiger partial charge in [-0.3, -0.25) is 4.90 Å². The summed E-state index contributed by atoms with van der Waals surface area (Å²) in [6, 6.07) is 0.729. The molecular weight excluding hydrogens is 212 g/mol. The van der Waals surface area contributed by atoms with E-state index in [2.05, 4.69) is 17.1 Å². The zero-order chi connectivity index (χ0) is 12.1. The molecule has 100 valence electrons. The minimum atomic E-state index is 0.615. The van der Waals surface area contributed by atoms with Crippen molar-refractivity contribution >= 4 is 0 Å². The normalized spacial score (nSPS) is 28.2. The average Bonchev–Trinajstić information content (AvgIpc) is 3.08. The molecule has 0 spiro atoms. The first-order chi connectivity index (χ1) is 8.28. The quantitative estimate of drug-likeness (QED) is 0.735. The zero-order valence-corrected chi connectivity index (χ0v) is 11.5. The molecule has 1 N–H and O–H groups in total. The van der Waals surface area contributed by atoms with Crippen molar-refractivity contribution in [2.24, 2.45) is 5.41 Å². The van der Waals surface area contributed by atoms with Gasteiger partial charge in [0.05, 0.1) is 0 Å². The van der Waals surface area contributed by atoms with Crippen LogP contribution in [0.2, 0.25) is 0 Å². The van der Waals surface area contributed by atoms with Crippen molar-refractivity contribution in [2.45, 2.75) is 45.1 Å². The summed E-state index contributed by atoms with van der Waals surface area (Å²) in [4.78, 5) is 2.68. The van der Waals surface area contributed by atoms with Gasteiger partial charge >= 0.3 is 0 Å². The van der Waals surface area contributed by atoms with Gasteiger partial charge in [-0.2, -0.15) is 0 Å². The average molecular weight is 240 g/mol. The van der Waals surface area contributed by atoms with Gasteiger partial charge in [0.25, 0.3) is 0 Å². The van der Waals surface area contributed by atoms with E-state index in [-0.39, 0.29) is 0 Å². The van der Waals surface area contributed by atoms with Crippen molar-refractivity contribution in [3.05, 3.63) is 0 Å². The van der Waals surface area contributed by atoms with E-state index in [4.69, 9.17) is 4.74 Å². The van der Waals surface area contributed by atoms with Crippen molar-refractivity contribution in [1.82, 2.24) is 10.2 Å². The summed E-state index contributed by atoms with van der Waals surface area (Å²) < 4.78 is 5.24. The Labute approximate surface area is 106 Å². The predicted octanol–water partition coefficient (Wildman–Crippen LogP) is 1.88. The van der Waals surface area contributed by atoms with Gasteiger partial charge in [-0.05, 0) is 31.1 Å². The first-order valence-corrected chi connectivity index (χ1v) is 7.23. The summed E-state index contributed by atoms with van der Waals surface area (Å²) >= 11 is 0. The molecule has 1 aliphatic carbocycles. The van der Waals surface area contributed by atoms with E-state index in [9.17, 15) is 0 Å². The van der Waals surface area contributed by atoms with E-state index < -0.39 is 0 Å². The molecule has 0 aromatic carbocycles. The number of rotatable bonds is 7. The van der Waals surface area contributed by atoms with Crippen LogP contribution < -0.4 is 5.32 Å². The Balaban J connectivity index is 1.74. The van der Waals surface area contributed by atoms with Gasteiger partial charge in [-0.1, -0.05) is 13.3 Å². The third kappa shape index (κ3) is 3.94. The summed E-state index contributed by atoms with van der Waals surface area (Å²) in [6.45, 7) is 8.17. The maximum atomic E-state index is 5.24. The smallest absolute Gasteiger partial charge is 0.0468 e. The Morgan fingerprint density at radius 2 is 2.24 bits per heavy atom. The summed E-state index contributed by atoms with van der Waals surface area (Å²) in [5.74, 6) is 0. The Hall–Kier alpha value is -0.120. The lowest BCUT2D eigenvalue weighted by Crippen LogP contribution is -2.51. The maximum Gasteiger partial charge on any atom is 0.0468 e. The molecule has 3 heteroatoms. The van der Waals surface area contributed by atoms with E-state index in [1.165, 1.54) is 58.3 Å². The van der Waals surface area contributed by atoms with E-state index in [0.717, 1.165) is 12.6 Å². The SMILES string of the molecule is CCCC1CN(CC2(CCOC)CC2)CCN1. The maximum absolute atomic E-state index is 5.24. The molecule has 0 aromatic heterocycles. The number of nitrogens with one attached hydrogen (secondary N) is 1. The van der Waals surface area contributed by atoms with Crippen LogP contribution in [0, 0.1) is 5.41 Å². The molecule has 0 bridgehead atoms. The molecule has 1 saturated heterocycles. The van der Waals surface area contributed by atoms with Gasteiger partial charge in [0.15, 0.2) is 0 Å². The molecule has 17 heavy (non-hydrogen) atoms. The molecule has 1 unspecified atom stereocenters. The zero-order valence-electron chi connectivity index (χ0n) is 11.5. The van der Waals surface area contributed by atoms with E-state index >= 15 is 0 Å². The van der Waals surface area contributed by atoms with Crippen molar-refractivity contribution in [2.75, 3.05) is 39.9 Å². The molecule has 1 atom stereocenters. The van der Waals surface area contributed by atoms with Gasteiger partial charge in [0.1, 0.15) is 0 Å². The van der Waals surface area contributed by atoms with Gasteiger partial charge < -0.3 is 10.1 Å². The van der Waals surface area contributed by atoms with Crippen molar-refractivity contribution in [3.8, 4) is 0 Å². The molecule has 2 fully saturated rings. The third-order valence-corrected chi connectivity index (χ3v) is 4.33. The van der Waals surface area contributed by atoms with E-state index in [0.29, 0.717) is 5.41 Å². The number of ether oxygens (including phenoxy) is 1. The van der Waals surface area contributed by atoms with Gasteiger partial charge in [0, 0.05) is 45.9 Å². The topological polar surface area (TPSA) is 24.5 Å². The molecule has 2 rings (SSSR count). The molecule has 1 aliphatic heterocycles. The largest absolute Gasteiger partial charge is 0.385 e. The minimum Gasteiger partial charge on any atom is -0.385 e. The number of nitrogens with zero attached hydrogens (tertiary/aromatic N) is 1. The van der Waals surface area contributed by atoms with Crippen LogP contribution >= 0.6 is 0 Å². The van der Waals surface area contributed by atoms with Gasteiger partial charge in [-0.25, -0.2) is 0 Å². The second-order valence-corrected chi connectivity index (χ2v) is 5.92. The van der Waals surface area contributed by atoms with Crippen LogP contribution in [0.4, 0.5) is 0 Å². The summed E-state index contributed by atoms with van der Waals surface area (Å²) in [5.41, 5.74) is 0.615. The highest BCUT2D eigenvalue weighted by Gasteiger charge is 2.43. The number of piperazine rings is 1. The molecular formula is C14H28N2O. The molecule has 2 aliphatic rings. The van der Waals surface area contributed by atoms with Crippen LogP contribution in [-0.2, 0) is 4.74 Å².